The molecular formula is C48H74N12O12S2. The predicted molar refractivity (Wildman–Crippen MR) is 276 cm³/mol. The number of carbonyl (C=O) groups excluding carboxylic acids is 11. The van der Waals surface area contributed by atoms with Gasteiger partial charge in [-0.15, -0.1) is 0 Å². The second-order valence-electron chi connectivity index (χ2n) is 19.1. The van der Waals surface area contributed by atoms with Crippen LogP contribution in [0, 0.1) is 5.92 Å². The van der Waals surface area contributed by atoms with E-state index in [0.717, 1.165) is 19.3 Å². The average molecular weight is 1080 g/mol. The van der Waals surface area contributed by atoms with Crippen molar-refractivity contribution in [2.75, 3.05) is 32.5 Å². The van der Waals surface area contributed by atoms with Crippen molar-refractivity contribution in [3.05, 3.63) is 29.8 Å². The quantitative estimate of drug-likeness (QED) is 0.0678. The van der Waals surface area contributed by atoms with E-state index >= 15 is 0 Å². The smallest absolute Gasteiger partial charge is 0.246 e. The van der Waals surface area contributed by atoms with E-state index in [2.05, 4.69) is 37.2 Å². The van der Waals surface area contributed by atoms with Crippen LogP contribution in [0.4, 0.5) is 0 Å². The molecule has 0 radical (unpaired) electrons. The van der Waals surface area contributed by atoms with Crippen molar-refractivity contribution in [1.29, 1.82) is 0 Å². The SMILES string of the molecule is CC[C@H](C)[C@@H]1NC(=O)[C@H](Cc2ccc(OC)cc2)NC(=O)CC2(CCCCC2)SSC[C@H](C(=O)N2CCC[C@H]2C(=O)N[C@@H](CCCN)C(=O)NCC(N)=O)NC(=O)[C@H](CC(N)=O)NC(=O)C(CCC(N)=O)NC1=O. The predicted octanol–water partition coefficient (Wildman–Crippen LogP) is -1.85. The van der Waals surface area contributed by atoms with Crippen molar-refractivity contribution in [2.24, 2.45) is 28.9 Å². The Kier molecular flexibility index (Phi) is 24.2. The molecule has 2 aliphatic heterocycles. The summed E-state index contributed by atoms with van der Waals surface area (Å²) in [5, 5.41) is 18.5. The van der Waals surface area contributed by atoms with Crippen LogP contribution in [0.25, 0.3) is 0 Å². The van der Waals surface area contributed by atoms with Gasteiger partial charge in [0.25, 0.3) is 0 Å². The molecule has 3 fully saturated rings. The fraction of sp³-hybridized carbons (Fsp3) is 0.646. The maximum absolute atomic E-state index is 14.8. The monoisotopic (exact) mass is 1070 g/mol. The lowest BCUT2D eigenvalue weighted by Gasteiger charge is -2.37. The van der Waals surface area contributed by atoms with Crippen LogP contribution in [0.3, 0.4) is 0 Å². The summed E-state index contributed by atoms with van der Waals surface area (Å²) in [4.78, 5) is 151. The number of hydrogen-bond donors (Lipinski definition) is 11. The molecule has 8 atom stereocenters. The van der Waals surface area contributed by atoms with Crippen LogP contribution in [-0.4, -0.2) is 149 Å². The minimum Gasteiger partial charge on any atom is -0.497 e. The molecule has 26 heteroatoms. The van der Waals surface area contributed by atoms with Crippen molar-refractivity contribution in [3.8, 4) is 5.75 Å². The van der Waals surface area contributed by atoms with E-state index in [-0.39, 0.29) is 50.9 Å². The zero-order chi connectivity index (χ0) is 54.5. The van der Waals surface area contributed by atoms with Gasteiger partial charge < -0.3 is 69.8 Å². The maximum atomic E-state index is 14.8. The number of nitrogens with two attached hydrogens (primary N) is 4. The number of nitrogens with one attached hydrogen (secondary N) is 7. The van der Waals surface area contributed by atoms with E-state index in [9.17, 15) is 52.7 Å². The summed E-state index contributed by atoms with van der Waals surface area (Å²) in [6, 6.07) is -2.52. The molecule has 1 aliphatic carbocycles. The minimum atomic E-state index is -1.73. The van der Waals surface area contributed by atoms with Gasteiger partial charge in [0.05, 0.1) is 20.1 Å². The molecule has 74 heavy (non-hydrogen) atoms. The van der Waals surface area contributed by atoms with E-state index in [1.165, 1.54) is 33.6 Å². The highest BCUT2D eigenvalue weighted by molar-refractivity contribution is 8.77. The third-order valence-corrected chi connectivity index (χ3v) is 16.6. The molecule has 2 saturated heterocycles. The molecule has 0 bridgehead atoms. The van der Waals surface area contributed by atoms with Gasteiger partial charge in [0.1, 0.15) is 48.0 Å². The summed E-state index contributed by atoms with van der Waals surface area (Å²) in [5.41, 5.74) is 22.6. The van der Waals surface area contributed by atoms with Crippen LogP contribution in [0.5, 0.6) is 5.75 Å². The van der Waals surface area contributed by atoms with Crippen molar-refractivity contribution < 1.29 is 57.5 Å². The first kappa shape index (κ1) is 60.4. The third-order valence-electron chi connectivity index (χ3n) is 13.3. The Bertz CT molecular complexity index is 2180. The highest BCUT2D eigenvalue weighted by Gasteiger charge is 2.42. The van der Waals surface area contributed by atoms with Gasteiger partial charge in [-0.1, -0.05) is 73.3 Å². The Morgan fingerprint density at radius 2 is 1.49 bits per heavy atom. The standard InChI is InChI=1S/C48H74N12O12S2/c1-4-27(2)40-46(70)56-31(16-17-36(50)61)42(66)57-33(23-37(51)62)43(67)58-34(47(71)60-21-9-11-35(60)45(69)55-30(10-8-20-49)41(65)53-25-38(52)63)26-73-74-48(18-6-5-7-19-48)24-39(64)54-32(44(68)59-40)22-28-12-14-29(72-3)15-13-28/h12-15,27,30-35,40H,4-11,16-26,49H2,1-3H3,(H2,50,61)(H2,51,62)(H2,52,63)(H,53,65)(H,54,64)(H,55,69)(H,56,70)(H,57,66)(H,58,67)(H,59,68)/t27-,30-,31?,32-,33-,34+,35-,40-/m0/s1. The van der Waals surface area contributed by atoms with Crippen LogP contribution >= 0.6 is 21.6 Å². The molecule has 1 aromatic rings. The fourth-order valence-electron chi connectivity index (χ4n) is 9.02. The highest BCUT2D eigenvalue weighted by atomic mass is 33.1. The van der Waals surface area contributed by atoms with Crippen molar-refractivity contribution in [3.63, 3.8) is 0 Å². The molecule has 24 nitrogen and oxygen atoms in total. The third kappa shape index (κ3) is 18.7. The Labute approximate surface area is 438 Å². The molecule has 0 aromatic heterocycles. The molecule has 2 heterocycles. The first-order chi connectivity index (χ1) is 35.2. The van der Waals surface area contributed by atoms with E-state index in [1.807, 2.05) is 0 Å². The van der Waals surface area contributed by atoms with E-state index < -0.39 is 137 Å². The van der Waals surface area contributed by atoms with Crippen LogP contribution in [0.15, 0.2) is 24.3 Å². The van der Waals surface area contributed by atoms with Crippen LogP contribution < -0.4 is 64.9 Å². The highest BCUT2D eigenvalue weighted by Crippen LogP contribution is 2.48. The van der Waals surface area contributed by atoms with E-state index in [1.54, 1.807) is 38.1 Å². The summed E-state index contributed by atoms with van der Waals surface area (Å²) < 4.78 is 4.60. The van der Waals surface area contributed by atoms with Crippen LogP contribution in [0.2, 0.25) is 0 Å². The molecule has 1 spiro atoms. The number of primary amides is 3. The number of methoxy groups -OCH3 is 1. The molecule has 1 saturated carbocycles. The Morgan fingerprint density at radius 3 is 2.11 bits per heavy atom. The summed E-state index contributed by atoms with van der Waals surface area (Å²) in [7, 11) is 4.06. The second-order valence-corrected chi connectivity index (χ2v) is 21.9. The molecule has 1 aromatic carbocycles. The number of likely N-dealkylation sites (tertiary alicyclic amines) is 1. The van der Waals surface area contributed by atoms with Crippen LogP contribution in [0.1, 0.15) is 109 Å². The Hall–Kier alpha value is -6.15. The van der Waals surface area contributed by atoms with Gasteiger partial charge in [0.2, 0.25) is 65.0 Å². The van der Waals surface area contributed by atoms with Gasteiger partial charge in [0, 0.05) is 36.3 Å². The summed E-state index contributed by atoms with van der Waals surface area (Å²) in [6.45, 7) is 3.27. The number of benzene rings is 1. The van der Waals surface area contributed by atoms with Crippen molar-refractivity contribution in [2.45, 2.75) is 157 Å². The Balaban J connectivity index is 1.77. The first-order valence-corrected chi connectivity index (χ1v) is 27.4. The maximum Gasteiger partial charge on any atom is 0.246 e. The molecular weight excluding hydrogens is 1000 g/mol. The van der Waals surface area contributed by atoms with Gasteiger partial charge >= 0.3 is 0 Å². The van der Waals surface area contributed by atoms with Gasteiger partial charge in [0.15, 0.2) is 0 Å². The fourth-order valence-corrected chi connectivity index (χ4v) is 12.4. The number of carbonyl (C=O) groups is 11. The second kappa shape index (κ2) is 29.7. The average Bonchev–Trinajstić information content (AvgIpc) is 3.86. The van der Waals surface area contributed by atoms with Gasteiger partial charge in [-0.05, 0) is 75.1 Å². The number of hydrogen-bond acceptors (Lipinski definition) is 15. The minimum absolute atomic E-state index is 0.0199. The largest absolute Gasteiger partial charge is 0.497 e. The number of nitrogens with zero attached hydrogens (tertiary/aromatic N) is 1. The topological polar surface area (TPSA) is 389 Å². The number of amides is 11. The van der Waals surface area contributed by atoms with Gasteiger partial charge in [-0.3, -0.25) is 52.7 Å². The van der Waals surface area contributed by atoms with E-state index in [4.69, 9.17) is 27.7 Å². The molecule has 1 unspecified atom stereocenters. The van der Waals surface area contributed by atoms with Gasteiger partial charge in [-0.2, -0.15) is 0 Å². The molecule has 3 aliphatic rings. The zero-order valence-electron chi connectivity index (χ0n) is 42.3. The van der Waals surface area contributed by atoms with E-state index in [0.29, 0.717) is 43.4 Å². The number of ether oxygens (including phenoxy) is 1. The summed E-state index contributed by atoms with van der Waals surface area (Å²) in [5.74, 6) is -8.88. The molecule has 11 amide bonds. The van der Waals surface area contributed by atoms with Crippen molar-refractivity contribution in [1.82, 2.24) is 42.1 Å². The number of rotatable bonds is 19. The zero-order valence-corrected chi connectivity index (χ0v) is 44.0. The van der Waals surface area contributed by atoms with Crippen LogP contribution in [-0.2, 0) is 59.2 Å². The summed E-state index contributed by atoms with van der Waals surface area (Å²) in [6.07, 6.45) is 3.39. The Morgan fingerprint density at radius 1 is 0.824 bits per heavy atom. The van der Waals surface area contributed by atoms with Crippen molar-refractivity contribution >= 4 is 86.6 Å². The summed E-state index contributed by atoms with van der Waals surface area (Å²) >= 11 is 0. The molecule has 410 valence electrons. The van der Waals surface area contributed by atoms with Gasteiger partial charge in [-0.25, -0.2) is 0 Å². The lowest BCUT2D eigenvalue weighted by molar-refractivity contribution is -0.142. The normalized spacial score (nSPS) is 24.1. The molecule has 15 N–H and O–H groups in total. The lowest BCUT2D eigenvalue weighted by Crippen LogP contribution is -2.61. The molecule has 4 rings (SSSR count). The lowest BCUT2D eigenvalue weighted by atomic mass is 9.85. The first-order valence-electron chi connectivity index (χ1n) is 25.1.